The van der Waals surface area contributed by atoms with E-state index in [1.165, 1.54) is 12.1 Å². The number of aromatic hydroxyl groups is 3. The topological polar surface area (TPSA) is 89.8 Å². The Morgan fingerprint density at radius 3 is 2.26 bits per heavy atom. The van der Waals surface area contributed by atoms with Crippen LogP contribution >= 0.6 is 0 Å². The Morgan fingerprint density at radius 1 is 0.947 bits per heavy atom. The van der Waals surface area contributed by atoms with E-state index in [1.807, 2.05) is 0 Å². The number of phenolic OH excluding ortho intramolecular Hbond substituents is 3. The predicted octanol–water partition coefficient (Wildman–Crippen LogP) is 1.73. The van der Waals surface area contributed by atoms with Gasteiger partial charge in [-0.15, -0.1) is 0 Å². The minimum Gasteiger partial charge on any atom is -0.508 e. The number of phenols is 3. The second-order valence-electron chi connectivity index (χ2n) is 4.09. The lowest BCUT2D eigenvalue weighted by Crippen LogP contribution is -2.22. The smallest absolute Gasteiger partial charge is 0.251 e. The van der Waals surface area contributed by atoms with Crippen molar-refractivity contribution in [3.8, 4) is 17.2 Å². The maximum Gasteiger partial charge on any atom is 0.251 e. The molecule has 0 aliphatic rings. The third-order valence-corrected chi connectivity index (χ3v) is 2.53. The first-order valence-corrected chi connectivity index (χ1v) is 5.64. The van der Waals surface area contributed by atoms with E-state index in [-0.39, 0.29) is 29.4 Å². The fraction of sp³-hybridized carbons (Fsp3) is 0.0714. The highest BCUT2D eigenvalue weighted by atomic mass is 16.3. The molecule has 0 atom stereocenters. The van der Waals surface area contributed by atoms with Crippen LogP contribution in [0.2, 0.25) is 0 Å². The second kappa shape index (κ2) is 5.30. The molecule has 5 nitrogen and oxygen atoms in total. The zero-order valence-corrected chi connectivity index (χ0v) is 10.00. The molecule has 2 rings (SSSR count). The fourth-order valence-electron chi connectivity index (χ4n) is 1.68. The average Bonchev–Trinajstić information content (AvgIpc) is 2.35. The van der Waals surface area contributed by atoms with Gasteiger partial charge in [0, 0.05) is 18.2 Å². The molecule has 0 heterocycles. The van der Waals surface area contributed by atoms with Gasteiger partial charge < -0.3 is 20.6 Å². The van der Waals surface area contributed by atoms with Crippen LogP contribution in [0, 0.1) is 0 Å². The molecule has 0 unspecified atom stereocenters. The third-order valence-electron chi connectivity index (χ3n) is 2.53. The number of hydrogen-bond acceptors (Lipinski definition) is 4. The molecule has 0 spiro atoms. The Labute approximate surface area is 109 Å². The van der Waals surface area contributed by atoms with Crippen LogP contribution < -0.4 is 5.32 Å². The molecule has 98 valence electrons. The monoisotopic (exact) mass is 259 g/mol. The third kappa shape index (κ3) is 3.38. The van der Waals surface area contributed by atoms with Crippen molar-refractivity contribution in [2.24, 2.45) is 0 Å². The highest BCUT2D eigenvalue weighted by Crippen LogP contribution is 2.20. The lowest BCUT2D eigenvalue weighted by molar-refractivity contribution is 0.0950. The second-order valence-corrected chi connectivity index (χ2v) is 4.09. The van der Waals surface area contributed by atoms with Gasteiger partial charge in [-0.05, 0) is 29.8 Å². The van der Waals surface area contributed by atoms with Crippen LogP contribution in [0.25, 0.3) is 0 Å². The zero-order chi connectivity index (χ0) is 13.8. The number of nitrogens with one attached hydrogen (secondary N) is 1. The van der Waals surface area contributed by atoms with Gasteiger partial charge in [0.05, 0.1) is 0 Å². The van der Waals surface area contributed by atoms with Crippen LogP contribution in [0.3, 0.4) is 0 Å². The summed E-state index contributed by atoms with van der Waals surface area (Å²) in [4.78, 5) is 11.8. The molecule has 2 aromatic carbocycles. The van der Waals surface area contributed by atoms with E-state index in [2.05, 4.69) is 5.32 Å². The summed E-state index contributed by atoms with van der Waals surface area (Å²) >= 11 is 0. The van der Waals surface area contributed by atoms with E-state index >= 15 is 0 Å². The van der Waals surface area contributed by atoms with E-state index in [9.17, 15) is 20.1 Å². The quantitative estimate of drug-likeness (QED) is 0.675. The van der Waals surface area contributed by atoms with Gasteiger partial charge in [-0.2, -0.15) is 0 Å². The maximum absolute atomic E-state index is 11.8. The molecule has 1 amide bonds. The standard InChI is InChI=1S/C14H13NO4/c16-11-3-1-2-9(4-11)8-15-14(19)10-5-12(17)7-13(18)6-10/h1-7,16-18H,8H2,(H,15,19). The summed E-state index contributed by atoms with van der Waals surface area (Å²) in [5.41, 5.74) is 0.912. The highest BCUT2D eigenvalue weighted by molar-refractivity contribution is 5.95. The molecule has 0 aliphatic carbocycles. The number of benzene rings is 2. The van der Waals surface area contributed by atoms with Gasteiger partial charge in [0.1, 0.15) is 17.2 Å². The molecular formula is C14H13NO4. The summed E-state index contributed by atoms with van der Waals surface area (Å²) in [5, 5.41) is 30.5. The number of rotatable bonds is 3. The van der Waals surface area contributed by atoms with E-state index in [4.69, 9.17) is 0 Å². The van der Waals surface area contributed by atoms with Crippen molar-refractivity contribution in [3.05, 3.63) is 53.6 Å². The minimum absolute atomic E-state index is 0.127. The minimum atomic E-state index is -0.422. The molecular weight excluding hydrogens is 246 g/mol. The first-order valence-electron chi connectivity index (χ1n) is 5.64. The largest absolute Gasteiger partial charge is 0.508 e. The molecule has 0 aromatic heterocycles. The van der Waals surface area contributed by atoms with Gasteiger partial charge in [0.25, 0.3) is 5.91 Å². The first kappa shape index (κ1) is 12.8. The molecule has 4 N–H and O–H groups in total. The summed E-state index contributed by atoms with van der Waals surface area (Å²) in [7, 11) is 0. The lowest BCUT2D eigenvalue weighted by Gasteiger charge is -2.06. The average molecular weight is 259 g/mol. The van der Waals surface area contributed by atoms with Crippen molar-refractivity contribution in [2.75, 3.05) is 0 Å². The van der Waals surface area contributed by atoms with E-state index in [0.717, 1.165) is 11.6 Å². The van der Waals surface area contributed by atoms with Gasteiger partial charge in [-0.25, -0.2) is 0 Å². The Morgan fingerprint density at radius 2 is 1.63 bits per heavy atom. The van der Waals surface area contributed by atoms with Crippen molar-refractivity contribution < 1.29 is 20.1 Å². The SMILES string of the molecule is O=C(NCc1cccc(O)c1)c1cc(O)cc(O)c1. The molecule has 19 heavy (non-hydrogen) atoms. The molecule has 0 fully saturated rings. The van der Waals surface area contributed by atoms with Crippen molar-refractivity contribution in [1.29, 1.82) is 0 Å². The summed E-state index contributed by atoms with van der Waals surface area (Å²) in [6.07, 6.45) is 0. The van der Waals surface area contributed by atoms with Crippen LogP contribution in [0.5, 0.6) is 17.2 Å². The Kier molecular flexibility index (Phi) is 3.56. The molecule has 0 saturated heterocycles. The normalized spacial score (nSPS) is 10.1. The predicted molar refractivity (Wildman–Crippen MR) is 69.0 cm³/mol. The van der Waals surface area contributed by atoms with Crippen LogP contribution in [0.1, 0.15) is 15.9 Å². The van der Waals surface area contributed by atoms with Crippen molar-refractivity contribution in [2.45, 2.75) is 6.54 Å². The van der Waals surface area contributed by atoms with E-state index in [1.54, 1.807) is 24.3 Å². The summed E-state index contributed by atoms with van der Waals surface area (Å²) in [5.74, 6) is -0.652. The summed E-state index contributed by atoms with van der Waals surface area (Å²) in [6, 6.07) is 10.2. The summed E-state index contributed by atoms with van der Waals surface area (Å²) in [6.45, 7) is 0.240. The van der Waals surface area contributed by atoms with E-state index in [0.29, 0.717) is 0 Å². The van der Waals surface area contributed by atoms with Crippen LogP contribution in [-0.2, 0) is 6.54 Å². The molecule has 0 saturated carbocycles. The first-order chi connectivity index (χ1) is 9.04. The van der Waals surface area contributed by atoms with Crippen LogP contribution in [0.15, 0.2) is 42.5 Å². The van der Waals surface area contributed by atoms with Crippen LogP contribution in [-0.4, -0.2) is 21.2 Å². The molecule has 2 aromatic rings. The molecule has 0 radical (unpaired) electrons. The lowest BCUT2D eigenvalue weighted by atomic mass is 10.1. The van der Waals surface area contributed by atoms with Gasteiger partial charge >= 0.3 is 0 Å². The van der Waals surface area contributed by atoms with Crippen molar-refractivity contribution >= 4 is 5.91 Å². The number of amides is 1. The van der Waals surface area contributed by atoms with Gasteiger partial charge in [0.2, 0.25) is 0 Å². The number of hydrogen-bond donors (Lipinski definition) is 4. The molecule has 0 aliphatic heterocycles. The zero-order valence-electron chi connectivity index (χ0n) is 10.00. The van der Waals surface area contributed by atoms with Gasteiger partial charge in [-0.1, -0.05) is 12.1 Å². The maximum atomic E-state index is 11.8. The Balaban J connectivity index is 2.05. The molecule has 0 bridgehead atoms. The Bertz CT molecular complexity index is 590. The highest BCUT2D eigenvalue weighted by Gasteiger charge is 2.08. The molecule has 5 heteroatoms. The van der Waals surface area contributed by atoms with Crippen molar-refractivity contribution in [3.63, 3.8) is 0 Å². The fourth-order valence-corrected chi connectivity index (χ4v) is 1.68. The van der Waals surface area contributed by atoms with Crippen LogP contribution in [0.4, 0.5) is 0 Å². The van der Waals surface area contributed by atoms with E-state index < -0.39 is 5.91 Å². The van der Waals surface area contributed by atoms with Crippen molar-refractivity contribution in [1.82, 2.24) is 5.32 Å². The Hall–Kier alpha value is -2.69. The summed E-state index contributed by atoms with van der Waals surface area (Å²) < 4.78 is 0. The van der Waals surface area contributed by atoms with Gasteiger partial charge in [-0.3, -0.25) is 4.79 Å². The number of carbonyl (C=O) groups excluding carboxylic acids is 1. The van der Waals surface area contributed by atoms with Gasteiger partial charge in [0.15, 0.2) is 0 Å². The number of carbonyl (C=O) groups is 1.